The topological polar surface area (TPSA) is 58.3 Å². The van der Waals surface area contributed by atoms with Crippen molar-refractivity contribution in [1.82, 2.24) is 9.78 Å². The van der Waals surface area contributed by atoms with E-state index < -0.39 is 7.12 Å². The Morgan fingerprint density at radius 1 is 1.54 bits per heavy atom. The molecule has 6 heteroatoms. The number of nitrogens with zero attached hydrogens (tertiary/aromatic N) is 2. The molecule has 0 radical (unpaired) electrons. The molecule has 0 saturated carbocycles. The second-order valence-corrected chi connectivity index (χ2v) is 4.01. The molecule has 0 aromatic carbocycles. The van der Waals surface area contributed by atoms with Crippen molar-refractivity contribution in [3.63, 3.8) is 0 Å². The van der Waals surface area contributed by atoms with Gasteiger partial charge in [-0.2, -0.15) is 5.10 Å². The monoisotopic (exact) mass is 196 g/mol. The molecule has 68 valence electrons. The third-order valence-corrected chi connectivity index (χ3v) is 3.21. The summed E-state index contributed by atoms with van der Waals surface area (Å²) in [6, 6.07) is 1.77. The van der Waals surface area contributed by atoms with Gasteiger partial charge in [0.2, 0.25) is 0 Å². The van der Waals surface area contributed by atoms with E-state index in [1.165, 1.54) is 11.3 Å². The van der Waals surface area contributed by atoms with Crippen LogP contribution < -0.4 is 4.78 Å². The Labute approximate surface area is 79.6 Å². The summed E-state index contributed by atoms with van der Waals surface area (Å²) in [5, 5.41) is 23.1. The summed E-state index contributed by atoms with van der Waals surface area (Å²) in [6.45, 7) is 1.91. The number of rotatable bonds is 1. The maximum atomic E-state index is 8.96. The number of fused-ring (bicyclic) bond motifs is 1. The van der Waals surface area contributed by atoms with E-state index in [4.69, 9.17) is 10.0 Å². The summed E-state index contributed by atoms with van der Waals surface area (Å²) in [7, 11) is 0.469. The van der Waals surface area contributed by atoms with Gasteiger partial charge in [-0.25, -0.2) is 0 Å². The van der Waals surface area contributed by atoms with E-state index in [0.717, 1.165) is 15.9 Å². The first-order chi connectivity index (χ1) is 6.09. The van der Waals surface area contributed by atoms with Crippen LogP contribution in [0.2, 0.25) is 0 Å². The van der Waals surface area contributed by atoms with Crippen LogP contribution in [0.3, 0.4) is 0 Å². The Morgan fingerprint density at radius 2 is 2.23 bits per heavy atom. The summed E-state index contributed by atoms with van der Waals surface area (Å²) < 4.78 is 2.31. The second kappa shape index (κ2) is 2.83. The predicted octanol–water partition coefficient (Wildman–Crippen LogP) is -0.377. The van der Waals surface area contributed by atoms with Gasteiger partial charge < -0.3 is 10.0 Å². The second-order valence-electron chi connectivity index (χ2n) is 2.95. The first-order valence-corrected chi connectivity index (χ1v) is 4.70. The molecule has 0 aliphatic heterocycles. The van der Waals surface area contributed by atoms with Gasteiger partial charge in [0.05, 0.1) is 5.69 Å². The Morgan fingerprint density at radius 3 is 2.77 bits per heavy atom. The fourth-order valence-corrected chi connectivity index (χ4v) is 2.35. The van der Waals surface area contributed by atoms with Crippen LogP contribution in [-0.4, -0.2) is 26.9 Å². The van der Waals surface area contributed by atoms with Crippen molar-refractivity contribution in [2.45, 2.75) is 6.92 Å². The molecule has 0 aliphatic rings. The molecule has 13 heavy (non-hydrogen) atoms. The minimum Gasteiger partial charge on any atom is -0.423 e. The van der Waals surface area contributed by atoms with E-state index in [1.54, 1.807) is 10.7 Å². The normalized spacial score (nSPS) is 11.1. The first kappa shape index (κ1) is 8.74. The average molecular weight is 196 g/mol. The summed E-state index contributed by atoms with van der Waals surface area (Å²) in [6.07, 6.45) is 0. The molecule has 2 aromatic rings. The summed E-state index contributed by atoms with van der Waals surface area (Å²) in [5.41, 5.74) is 0.917. The minimum atomic E-state index is -1.38. The lowest BCUT2D eigenvalue weighted by Gasteiger charge is -1.90. The molecule has 2 heterocycles. The SMILES string of the molecule is Cc1nn(C)c2sc(B(O)O)cc12. The number of aromatic nitrogens is 2. The van der Waals surface area contributed by atoms with Crippen LogP contribution in [0.1, 0.15) is 5.69 Å². The molecule has 0 saturated heterocycles. The lowest BCUT2D eigenvalue weighted by molar-refractivity contribution is 0.427. The zero-order chi connectivity index (χ0) is 9.59. The van der Waals surface area contributed by atoms with E-state index in [2.05, 4.69) is 5.10 Å². The van der Waals surface area contributed by atoms with E-state index >= 15 is 0 Å². The van der Waals surface area contributed by atoms with Gasteiger partial charge in [0.25, 0.3) is 0 Å². The lowest BCUT2D eigenvalue weighted by atomic mass is 9.89. The lowest BCUT2D eigenvalue weighted by Crippen LogP contribution is -2.26. The molecule has 0 aliphatic carbocycles. The van der Waals surface area contributed by atoms with Gasteiger partial charge in [-0.05, 0) is 13.0 Å². The van der Waals surface area contributed by atoms with Gasteiger partial charge in [0.15, 0.2) is 0 Å². The Hall–Kier alpha value is -0.845. The largest absolute Gasteiger partial charge is 0.499 e. The van der Waals surface area contributed by atoms with Crippen LogP contribution in [0.5, 0.6) is 0 Å². The van der Waals surface area contributed by atoms with Gasteiger partial charge in [-0.1, -0.05) is 0 Å². The molecule has 0 atom stereocenters. The van der Waals surface area contributed by atoms with Crippen LogP contribution in [0.15, 0.2) is 6.07 Å². The first-order valence-electron chi connectivity index (χ1n) is 3.89. The van der Waals surface area contributed by atoms with E-state index in [-0.39, 0.29) is 0 Å². The van der Waals surface area contributed by atoms with Crippen LogP contribution in [0.25, 0.3) is 10.2 Å². The Bertz CT molecular complexity index is 414. The fraction of sp³-hybridized carbons (Fsp3) is 0.286. The van der Waals surface area contributed by atoms with Crippen LogP contribution >= 0.6 is 11.3 Å². The fourth-order valence-electron chi connectivity index (χ4n) is 1.35. The third-order valence-electron chi connectivity index (χ3n) is 1.97. The molecular weight excluding hydrogens is 187 g/mol. The van der Waals surface area contributed by atoms with Gasteiger partial charge >= 0.3 is 7.12 Å². The van der Waals surface area contributed by atoms with E-state index in [1.807, 2.05) is 14.0 Å². The predicted molar refractivity (Wildman–Crippen MR) is 53.2 cm³/mol. The zero-order valence-electron chi connectivity index (χ0n) is 7.35. The van der Waals surface area contributed by atoms with Crippen molar-refractivity contribution < 1.29 is 10.0 Å². The van der Waals surface area contributed by atoms with Gasteiger partial charge in [-0.3, -0.25) is 4.68 Å². The summed E-state index contributed by atoms with van der Waals surface area (Å²) >= 11 is 1.35. The molecule has 0 fully saturated rings. The highest BCUT2D eigenvalue weighted by atomic mass is 32.1. The van der Waals surface area contributed by atoms with Crippen molar-refractivity contribution in [1.29, 1.82) is 0 Å². The van der Waals surface area contributed by atoms with Crippen LogP contribution in [0.4, 0.5) is 0 Å². The summed E-state index contributed by atoms with van der Waals surface area (Å²) in [5.74, 6) is 0. The molecular formula is C7H9BN2O2S. The quantitative estimate of drug-likeness (QED) is 0.611. The highest BCUT2D eigenvalue weighted by Gasteiger charge is 2.17. The van der Waals surface area contributed by atoms with Crippen LogP contribution in [0, 0.1) is 6.92 Å². The van der Waals surface area contributed by atoms with Crippen molar-refractivity contribution in [2.75, 3.05) is 0 Å². The average Bonchev–Trinajstić information content (AvgIpc) is 2.55. The number of thiophene rings is 1. The highest BCUT2D eigenvalue weighted by molar-refractivity contribution is 7.27. The van der Waals surface area contributed by atoms with Crippen molar-refractivity contribution in [3.05, 3.63) is 11.8 Å². The Balaban J connectivity index is 2.69. The standard InChI is InChI=1S/C7H9BN2O2S/c1-4-5-3-6(8(11)12)13-7(5)10(2)9-4/h3,11-12H,1-2H3. The molecule has 0 bridgehead atoms. The minimum absolute atomic E-state index is 0.561. The molecule has 0 amide bonds. The number of aryl methyl sites for hydroxylation is 2. The van der Waals surface area contributed by atoms with Gasteiger partial charge in [0.1, 0.15) is 4.83 Å². The van der Waals surface area contributed by atoms with Crippen molar-refractivity contribution in [3.8, 4) is 0 Å². The van der Waals surface area contributed by atoms with Crippen molar-refractivity contribution >= 4 is 33.4 Å². The zero-order valence-corrected chi connectivity index (χ0v) is 8.17. The van der Waals surface area contributed by atoms with Crippen molar-refractivity contribution in [2.24, 2.45) is 7.05 Å². The number of hydrogen-bond acceptors (Lipinski definition) is 4. The molecule has 2 aromatic heterocycles. The van der Waals surface area contributed by atoms with Gasteiger partial charge in [-0.15, -0.1) is 11.3 Å². The van der Waals surface area contributed by atoms with E-state index in [0.29, 0.717) is 4.78 Å². The molecule has 0 spiro atoms. The maximum absolute atomic E-state index is 8.96. The maximum Gasteiger partial charge on any atom is 0.499 e. The number of hydrogen-bond donors (Lipinski definition) is 2. The van der Waals surface area contributed by atoms with E-state index in [9.17, 15) is 0 Å². The third kappa shape index (κ3) is 1.27. The van der Waals surface area contributed by atoms with Gasteiger partial charge in [0, 0.05) is 17.2 Å². The van der Waals surface area contributed by atoms with Crippen LogP contribution in [-0.2, 0) is 7.05 Å². The highest BCUT2D eigenvalue weighted by Crippen LogP contribution is 2.21. The Kier molecular flexibility index (Phi) is 1.90. The molecule has 2 rings (SSSR count). The molecule has 0 unspecified atom stereocenters. The molecule has 4 nitrogen and oxygen atoms in total. The smallest absolute Gasteiger partial charge is 0.423 e. The molecule has 2 N–H and O–H groups in total. The summed E-state index contributed by atoms with van der Waals surface area (Å²) in [4.78, 5) is 0.973.